The highest BCUT2D eigenvalue weighted by Gasteiger charge is 2.40. The van der Waals surface area contributed by atoms with Gasteiger partial charge in [0.25, 0.3) is 0 Å². The lowest BCUT2D eigenvalue weighted by Gasteiger charge is -2.24. The quantitative estimate of drug-likeness (QED) is 0.860. The summed E-state index contributed by atoms with van der Waals surface area (Å²) in [6.45, 7) is 5.14. The first-order chi connectivity index (χ1) is 9.19. The third kappa shape index (κ3) is 2.73. The van der Waals surface area contributed by atoms with Gasteiger partial charge in [0, 0.05) is 0 Å². The molecule has 3 nitrogen and oxygen atoms in total. The van der Waals surface area contributed by atoms with Gasteiger partial charge in [-0.1, -0.05) is 24.3 Å². The van der Waals surface area contributed by atoms with E-state index in [2.05, 4.69) is 6.07 Å². The molecular formula is C16H21NO2S. The van der Waals surface area contributed by atoms with Crippen molar-refractivity contribution in [2.75, 3.05) is 5.75 Å². The summed E-state index contributed by atoms with van der Waals surface area (Å²) >= 11 is 0. The van der Waals surface area contributed by atoms with E-state index < -0.39 is 20.0 Å². The maximum absolute atomic E-state index is 12.2. The largest absolute Gasteiger partial charge is 0.228 e. The minimum absolute atomic E-state index is 0.0814. The Morgan fingerprint density at radius 1 is 1.20 bits per heavy atom. The van der Waals surface area contributed by atoms with E-state index in [1.807, 2.05) is 24.3 Å². The van der Waals surface area contributed by atoms with Crippen LogP contribution in [0.1, 0.15) is 38.3 Å². The smallest absolute Gasteiger partial charge is 0.155 e. The second-order valence-corrected chi connectivity index (χ2v) is 9.56. The molecule has 0 unspecified atom stereocenters. The summed E-state index contributed by atoms with van der Waals surface area (Å²) in [5.41, 5.74) is 1.81. The van der Waals surface area contributed by atoms with Crippen molar-refractivity contribution < 1.29 is 8.42 Å². The van der Waals surface area contributed by atoms with Gasteiger partial charge in [0.1, 0.15) is 0 Å². The van der Waals surface area contributed by atoms with Crippen molar-refractivity contribution in [2.24, 2.45) is 5.41 Å². The minimum atomic E-state index is -3.17. The first-order valence-electron chi connectivity index (χ1n) is 6.89. The Labute approximate surface area is 121 Å². The van der Waals surface area contributed by atoms with Gasteiger partial charge in [-0.2, -0.15) is 5.26 Å². The molecule has 20 heavy (non-hydrogen) atoms. The Kier molecular flexibility index (Phi) is 3.68. The molecule has 2 rings (SSSR count). The Hall–Kier alpha value is -1.34. The number of sulfone groups is 1. The fraction of sp³-hybridized carbons (Fsp3) is 0.562. The fourth-order valence-electron chi connectivity index (χ4n) is 2.64. The molecule has 0 radical (unpaired) electrons. The van der Waals surface area contributed by atoms with E-state index in [-0.39, 0.29) is 5.75 Å². The van der Waals surface area contributed by atoms with Gasteiger partial charge in [-0.15, -0.1) is 0 Å². The number of hydrogen-bond donors (Lipinski definition) is 0. The van der Waals surface area contributed by atoms with Gasteiger partial charge in [0.2, 0.25) is 0 Å². The normalized spacial score (nSPS) is 17.5. The lowest BCUT2D eigenvalue weighted by molar-refractivity contribution is 0.403. The molecule has 0 fully saturated rings. The average Bonchev–Trinajstić information content (AvgIpc) is 2.74. The van der Waals surface area contributed by atoms with Gasteiger partial charge in [0.15, 0.2) is 9.84 Å². The van der Waals surface area contributed by atoms with Crippen molar-refractivity contribution in [1.82, 2.24) is 0 Å². The number of fused-ring (bicyclic) bond motifs is 1. The lowest BCUT2D eigenvalue weighted by Crippen LogP contribution is -2.33. The van der Waals surface area contributed by atoms with Gasteiger partial charge in [-0.05, 0) is 51.2 Å². The summed E-state index contributed by atoms with van der Waals surface area (Å²) in [7, 11) is -3.17. The van der Waals surface area contributed by atoms with E-state index in [1.54, 1.807) is 20.8 Å². The van der Waals surface area contributed by atoms with Crippen molar-refractivity contribution in [1.29, 1.82) is 5.26 Å². The number of benzene rings is 1. The molecule has 0 bridgehead atoms. The molecule has 1 aliphatic carbocycles. The maximum atomic E-state index is 12.2. The third-order valence-electron chi connectivity index (χ3n) is 4.20. The summed E-state index contributed by atoms with van der Waals surface area (Å²) in [4.78, 5) is 0. The van der Waals surface area contributed by atoms with Crippen LogP contribution < -0.4 is 0 Å². The predicted molar refractivity (Wildman–Crippen MR) is 80.1 cm³/mol. The second kappa shape index (κ2) is 4.89. The SMILES string of the molecule is CC(C)(C)S(=O)(=O)CCC1(C#N)Cc2ccccc2C1. The highest BCUT2D eigenvalue weighted by molar-refractivity contribution is 7.92. The first-order valence-corrected chi connectivity index (χ1v) is 8.55. The summed E-state index contributed by atoms with van der Waals surface area (Å²) in [6, 6.07) is 10.4. The summed E-state index contributed by atoms with van der Waals surface area (Å²) in [5.74, 6) is 0.0814. The van der Waals surface area contributed by atoms with Crippen molar-refractivity contribution in [3.05, 3.63) is 35.4 Å². The zero-order valence-electron chi connectivity index (χ0n) is 12.3. The Morgan fingerprint density at radius 3 is 2.10 bits per heavy atom. The van der Waals surface area contributed by atoms with Crippen LogP contribution in [0.15, 0.2) is 24.3 Å². The van der Waals surface area contributed by atoms with Gasteiger partial charge in [-0.25, -0.2) is 8.42 Å². The Balaban J connectivity index is 2.16. The van der Waals surface area contributed by atoms with Crippen LogP contribution in [-0.4, -0.2) is 18.9 Å². The van der Waals surface area contributed by atoms with Crippen molar-refractivity contribution >= 4 is 9.84 Å². The van der Waals surface area contributed by atoms with Crippen LogP contribution in [0.5, 0.6) is 0 Å². The van der Waals surface area contributed by atoms with Crippen LogP contribution in [0.3, 0.4) is 0 Å². The summed E-state index contributed by atoms with van der Waals surface area (Å²) in [6.07, 6.45) is 1.75. The van der Waals surface area contributed by atoms with Crippen LogP contribution in [0.2, 0.25) is 0 Å². The molecule has 4 heteroatoms. The molecule has 1 aliphatic rings. The van der Waals surface area contributed by atoms with E-state index in [9.17, 15) is 13.7 Å². The third-order valence-corrected chi connectivity index (χ3v) is 6.80. The van der Waals surface area contributed by atoms with Gasteiger partial charge < -0.3 is 0 Å². The van der Waals surface area contributed by atoms with E-state index in [1.165, 1.54) is 11.1 Å². The molecule has 0 N–H and O–H groups in total. The predicted octanol–water partition coefficient (Wildman–Crippen LogP) is 2.90. The van der Waals surface area contributed by atoms with E-state index in [4.69, 9.17) is 0 Å². The number of rotatable bonds is 3. The molecule has 108 valence electrons. The lowest BCUT2D eigenvalue weighted by atomic mass is 9.84. The second-order valence-electron chi connectivity index (χ2n) is 6.70. The van der Waals surface area contributed by atoms with Crippen LogP contribution in [0, 0.1) is 16.7 Å². The molecule has 1 aromatic rings. The molecule has 0 aliphatic heterocycles. The summed E-state index contributed by atoms with van der Waals surface area (Å²) in [5, 5.41) is 9.54. The summed E-state index contributed by atoms with van der Waals surface area (Å²) < 4.78 is 23.7. The average molecular weight is 291 g/mol. The number of hydrogen-bond acceptors (Lipinski definition) is 3. The van der Waals surface area contributed by atoms with Crippen LogP contribution in [0.4, 0.5) is 0 Å². The monoisotopic (exact) mass is 291 g/mol. The molecule has 0 spiro atoms. The number of nitriles is 1. The first kappa shape index (κ1) is 15.1. The van der Waals surface area contributed by atoms with Crippen LogP contribution >= 0.6 is 0 Å². The maximum Gasteiger partial charge on any atom is 0.155 e. The molecule has 0 atom stereocenters. The number of nitrogens with zero attached hydrogens (tertiary/aromatic N) is 1. The standard InChI is InChI=1S/C16H21NO2S/c1-15(2,3)20(18,19)9-8-16(12-17)10-13-6-4-5-7-14(13)11-16/h4-7H,8-11H2,1-3H3. The van der Waals surface area contributed by atoms with Gasteiger partial charge in [-0.3, -0.25) is 0 Å². The zero-order valence-corrected chi connectivity index (χ0v) is 13.1. The Bertz CT molecular complexity index is 623. The molecular weight excluding hydrogens is 270 g/mol. The van der Waals surface area contributed by atoms with Crippen LogP contribution in [-0.2, 0) is 22.7 Å². The van der Waals surface area contributed by atoms with Crippen LogP contribution in [0.25, 0.3) is 0 Å². The molecule has 0 heterocycles. The minimum Gasteiger partial charge on any atom is -0.228 e. The van der Waals surface area contributed by atoms with Crippen molar-refractivity contribution in [3.63, 3.8) is 0 Å². The van der Waals surface area contributed by atoms with E-state index >= 15 is 0 Å². The molecule has 0 amide bonds. The molecule has 0 saturated carbocycles. The molecule has 0 saturated heterocycles. The topological polar surface area (TPSA) is 57.9 Å². The molecule has 0 aromatic heterocycles. The van der Waals surface area contributed by atoms with Gasteiger partial charge in [0.05, 0.1) is 22.0 Å². The zero-order chi connectivity index (χ0) is 15.0. The fourth-order valence-corrected chi connectivity index (χ4v) is 3.91. The van der Waals surface area contributed by atoms with E-state index in [0.717, 1.165) is 0 Å². The van der Waals surface area contributed by atoms with Gasteiger partial charge >= 0.3 is 0 Å². The highest BCUT2D eigenvalue weighted by atomic mass is 32.2. The van der Waals surface area contributed by atoms with E-state index in [0.29, 0.717) is 19.3 Å². The molecule has 1 aromatic carbocycles. The van der Waals surface area contributed by atoms with Crippen molar-refractivity contribution in [2.45, 2.75) is 44.8 Å². The Morgan fingerprint density at radius 2 is 1.70 bits per heavy atom. The highest BCUT2D eigenvalue weighted by Crippen LogP contribution is 2.40. The van der Waals surface area contributed by atoms with Crippen molar-refractivity contribution in [3.8, 4) is 6.07 Å².